The summed E-state index contributed by atoms with van der Waals surface area (Å²) >= 11 is 0. The Hall–Kier alpha value is -5.20. The molecule has 3 aromatic rings. The van der Waals surface area contributed by atoms with Gasteiger partial charge in [-0.25, -0.2) is 9.82 Å². The van der Waals surface area contributed by atoms with Crippen LogP contribution in [-0.4, -0.2) is 27.9 Å². The van der Waals surface area contributed by atoms with Crippen LogP contribution in [0, 0.1) is 26.0 Å². The van der Waals surface area contributed by atoms with Gasteiger partial charge in [0.15, 0.2) is 0 Å². The van der Waals surface area contributed by atoms with Crippen LogP contribution in [0.3, 0.4) is 0 Å². The van der Waals surface area contributed by atoms with Crippen molar-refractivity contribution in [2.24, 2.45) is 5.10 Å². The number of nitro benzene ring substituents is 2. The van der Waals surface area contributed by atoms with Crippen LogP contribution in [0.2, 0.25) is 0 Å². The highest BCUT2D eigenvalue weighted by atomic mass is 19.1. The van der Waals surface area contributed by atoms with Gasteiger partial charge in [-0.1, -0.05) is 12.1 Å². The van der Waals surface area contributed by atoms with Gasteiger partial charge in [-0.05, 0) is 48.0 Å². The number of rotatable bonds is 10. The van der Waals surface area contributed by atoms with Gasteiger partial charge in [-0.2, -0.15) is 5.10 Å². The lowest BCUT2D eigenvalue weighted by Crippen LogP contribution is -2.20. The molecule has 184 valence electrons. The van der Waals surface area contributed by atoms with Crippen LogP contribution in [0.15, 0.2) is 71.8 Å². The lowest BCUT2D eigenvalue weighted by Gasteiger charge is -2.07. The van der Waals surface area contributed by atoms with E-state index in [1.807, 2.05) is 0 Å². The predicted molar refractivity (Wildman–Crippen MR) is 126 cm³/mol. The molecule has 12 nitrogen and oxygen atoms in total. The highest BCUT2D eigenvalue weighted by Crippen LogP contribution is 2.34. The van der Waals surface area contributed by atoms with Gasteiger partial charge in [0, 0.05) is 24.6 Å². The summed E-state index contributed by atoms with van der Waals surface area (Å²) in [6, 6.07) is 14.4. The molecule has 0 heterocycles. The minimum Gasteiger partial charge on any atom is -0.450 e. The highest BCUT2D eigenvalue weighted by Gasteiger charge is 2.21. The number of anilines is 1. The number of hydrogen-bond donors (Lipinski definition) is 2. The zero-order chi connectivity index (χ0) is 26.1. The SMILES string of the molecule is O=C(CCC(=O)Nc1ccc(F)cc1)NN=Cc1cccc(Oc2ccc([N+](=O)[O-])cc2[N+](=O)[O-])c1. The summed E-state index contributed by atoms with van der Waals surface area (Å²) in [5.41, 5.74) is 2.14. The quantitative estimate of drug-likeness (QED) is 0.240. The Balaban J connectivity index is 1.54. The third-order valence-electron chi connectivity index (χ3n) is 4.55. The number of halogens is 1. The molecule has 0 aliphatic rings. The first-order chi connectivity index (χ1) is 17.2. The van der Waals surface area contributed by atoms with E-state index in [-0.39, 0.29) is 24.3 Å². The number of nitrogens with one attached hydrogen (secondary N) is 2. The van der Waals surface area contributed by atoms with Crippen LogP contribution >= 0.6 is 0 Å². The van der Waals surface area contributed by atoms with E-state index in [2.05, 4.69) is 15.8 Å². The maximum absolute atomic E-state index is 12.9. The first-order valence-electron chi connectivity index (χ1n) is 10.3. The molecule has 0 saturated heterocycles. The van der Waals surface area contributed by atoms with Crippen molar-refractivity contribution in [3.8, 4) is 11.5 Å². The molecular weight excluding hydrogens is 477 g/mol. The third kappa shape index (κ3) is 7.41. The molecule has 0 unspecified atom stereocenters. The second-order valence-corrected chi connectivity index (χ2v) is 7.19. The molecule has 3 aromatic carbocycles. The molecule has 2 amide bonds. The van der Waals surface area contributed by atoms with E-state index in [0.29, 0.717) is 11.3 Å². The van der Waals surface area contributed by atoms with E-state index >= 15 is 0 Å². The fraction of sp³-hybridized carbons (Fsp3) is 0.0870. The summed E-state index contributed by atoms with van der Waals surface area (Å²) in [5.74, 6) is -1.37. The first kappa shape index (κ1) is 25.4. The van der Waals surface area contributed by atoms with Gasteiger partial charge in [0.2, 0.25) is 17.6 Å². The van der Waals surface area contributed by atoms with Crippen molar-refractivity contribution in [1.29, 1.82) is 0 Å². The standard InChI is InChI=1S/C23H18FN5O7/c24-16-4-6-17(7-5-16)26-22(30)10-11-23(31)27-25-14-15-2-1-3-19(12-15)36-21-9-8-18(28(32)33)13-20(21)29(34)35/h1-9,12-14H,10-11H2,(H,26,30)(H,27,31). The zero-order valence-corrected chi connectivity index (χ0v) is 18.4. The van der Waals surface area contributed by atoms with Gasteiger partial charge in [0.1, 0.15) is 11.6 Å². The van der Waals surface area contributed by atoms with E-state index in [0.717, 1.165) is 18.2 Å². The van der Waals surface area contributed by atoms with E-state index in [4.69, 9.17) is 4.74 Å². The summed E-state index contributed by atoms with van der Waals surface area (Å²) in [6.07, 6.45) is 1.04. The van der Waals surface area contributed by atoms with Crippen molar-refractivity contribution >= 4 is 35.1 Å². The van der Waals surface area contributed by atoms with Gasteiger partial charge in [-0.3, -0.25) is 29.8 Å². The number of carbonyl (C=O) groups is 2. The lowest BCUT2D eigenvalue weighted by atomic mass is 10.2. The van der Waals surface area contributed by atoms with Crippen LogP contribution in [0.5, 0.6) is 11.5 Å². The minimum atomic E-state index is -0.789. The first-order valence-corrected chi connectivity index (χ1v) is 10.3. The molecule has 0 radical (unpaired) electrons. The van der Waals surface area contributed by atoms with Gasteiger partial charge in [0.25, 0.3) is 5.69 Å². The van der Waals surface area contributed by atoms with Crippen LogP contribution in [0.1, 0.15) is 18.4 Å². The number of non-ortho nitro benzene ring substituents is 1. The fourth-order valence-corrected chi connectivity index (χ4v) is 2.85. The monoisotopic (exact) mass is 495 g/mol. The van der Waals surface area contributed by atoms with Crippen LogP contribution < -0.4 is 15.5 Å². The Morgan fingerprint density at radius 2 is 1.67 bits per heavy atom. The van der Waals surface area contributed by atoms with E-state index in [1.54, 1.807) is 12.1 Å². The molecule has 0 saturated carbocycles. The van der Waals surface area contributed by atoms with E-state index < -0.39 is 38.9 Å². The molecule has 0 aromatic heterocycles. The largest absolute Gasteiger partial charge is 0.450 e. The average molecular weight is 495 g/mol. The highest BCUT2D eigenvalue weighted by molar-refractivity contribution is 5.93. The second-order valence-electron chi connectivity index (χ2n) is 7.19. The predicted octanol–water partition coefficient (Wildman–Crippen LogP) is 4.30. The van der Waals surface area contributed by atoms with Gasteiger partial charge >= 0.3 is 5.69 Å². The Kier molecular flexibility index (Phi) is 8.32. The average Bonchev–Trinajstić information content (AvgIpc) is 2.84. The number of carbonyl (C=O) groups excluding carboxylic acids is 2. The van der Waals surface area contributed by atoms with Crippen molar-refractivity contribution in [2.45, 2.75) is 12.8 Å². The number of nitro groups is 2. The summed E-state index contributed by atoms with van der Waals surface area (Å²) in [4.78, 5) is 44.4. The number of amides is 2. The van der Waals surface area contributed by atoms with Crippen molar-refractivity contribution in [3.63, 3.8) is 0 Å². The van der Waals surface area contributed by atoms with Crippen molar-refractivity contribution < 1.29 is 28.6 Å². The summed E-state index contributed by atoms with van der Waals surface area (Å²) < 4.78 is 18.4. The minimum absolute atomic E-state index is 0.115. The van der Waals surface area contributed by atoms with Crippen molar-refractivity contribution in [2.75, 3.05) is 5.32 Å². The third-order valence-corrected chi connectivity index (χ3v) is 4.55. The number of nitrogens with zero attached hydrogens (tertiary/aromatic N) is 3. The van der Waals surface area contributed by atoms with Crippen LogP contribution in [0.25, 0.3) is 0 Å². The fourth-order valence-electron chi connectivity index (χ4n) is 2.85. The molecule has 0 fully saturated rings. The van der Waals surface area contributed by atoms with Crippen molar-refractivity contribution in [1.82, 2.24) is 5.43 Å². The summed E-state index contributed by atoms with van der Waals surface area (Å²) in [6.45, 7) is 0. The molecule has 36 heavy (non-hydrogen) atoms. The molecule has 3 rings (SSSR count). The topological polar surface area (TPSA) is 166 Å². The van der Waals surface area contributed by atoms with Crippen LogP contribution in [-0.2, 0) is 9.59 Å². The summed E-state index contributed by atoms with van der Waals surface area (Å²) in [7, 11) is 0. The Labute approximate surface area is 202 Å². The second kappa shape index (κ2) is 11.8. The molecule has 0 aliphatic heterocycles. The zero-order valence-electron chi connectivity index (χ0n) is 18.4. The maximum atomic E-state index is 12.9. The van der Waals surface area contributed by atoms with Gasteiger partial charge in [-0.15, -0.1) is 0 Å². The van der Waals surface area contributed by atoms with Crippen molar-refractivity contribution in [3.05, 3.63) is 98.3 Å². The molecule has 0 aliphatic carbocycles. The normalized spacial score (nSPS) is 10.6. The molecule has 0 spiro atoms. The molecule has 13 heteroatoms. The number of hydrogen-bond acceptors (Lipinski definition) is 8. The van der Waals surface area contributed by atoms with E-state index in [9.17, 15) is 34.2 Å². The molecular formula is C23H18FN5O7. The Bertz CT molecular complexity index is 1330. The summed E-state index contributed by atoms with van der Waals surface area (Å²) in [5, 5.41) is 28.5. The maximum Gasteiger partial charge on any atom is 0.318 e. The van der Waals surface area contributed by atoms with Gasteiger partial charge < -0.3 is 10.1 Å². The van der Waals surface area contributed by atoms with E-state index in [1.165, 1.54) is 42.6 Å². The molecule has 0 bridgehead atoms. The Morgan fingerprint density at radius 3 is 2.36 bits per heavy atom. The Morgan fingerprint density at radius 1 is 0.944 bits per heavy atom. The molecule has 0 atom stereocenters. The lowest BCUT2D eigenvalue weighted by molar-refractivity contribution is -0.394. The van der Waals surface area contributed by atoms with Gasteiger partial charge in [0.05, 0.1) is 22.1 Å². The number of benzene rings is 3. The smallest absolute Gasteiger partial charge is 0.318 e. The molecule has 2 N–H and O–H groups in total. The van der Waals surface area contributed by atoms with Crippen LogP contribution in [0.4, 0.5) is 21.5 Å². The number of ether oxygens (including phenoxy) is 1. The number of hydrazone groups is 1.